The van der Waals surface area contributed by atoms with Gasteiger partial charge in [0.1, 0.15) is 0 Å². The first-order valence-electron chi connectivity index (χ1n) is 3.79. The van der Waals surface area contributed by atoms with Crippen LogP contribution in [0.1, 0.15) is 27.7 Å². The minimum Gasteiger partial charge on any atom is -0.304 e. The van der Waals surface area contributed by atoms with Gasteiger partial charge in [-0.2, -0.15) is 5.26 Å². The highest BCUT2D eigenvalue weighted by Crippen LogP contribution is 1.81. The van der Waals surface area contributed by atoms with Crippen LogP contribution in [-0.4, -0.2) is 24.5 Å². The molecule has 0 heterocycles. The van der Waals surface area contributed by atoms with Crippen molar-refractivity contribution >= 4 is 0 Å². The fourth-order valence-electron chi connectivity index (χ4n) is 0.671. The fourth-order valence-corrected chi connectivity index (χ4v) is 0.671. The molecule has 2 nitrogen and oxygen atoms in total. The molecule has 0 amide bonds. The Morgan fingerprint density at radius 3 is 1.30 bits per heavy atom. The zero-order valence-electron chi connectivity index (χ0n) is 7.52. The van der Waals surface area contributed by atoms with Gasteiger partial charge in [0.15, 0.2) is 0 Å². The van der Waals surface area contributed by atoms with Gasteiger partial charge in [-0.05, 0) is 19.6 Å². The lowest BCUT2D eigenvalue weighted by Crippen LogP contribution is -2.21. The largest absolute Gasteiger partial charge is 0.304 e. The maximum Gasteiger partial charge on any atom is 0.0587 e. The average molecular weight is 142 g/mol. The van der Waals surface area contributed by atoms with Crippen LogP contribution in [0.15, 0.2) is 0 Å². The van der Waals surface area contributed by atoms with Crippen molar-refractivity contribution in [3.05, 3.63) is 0 Å². The standard InChI is InChI=1S/C6H15N.C2H3N/c1-4-7(5-2)6-3;1-2-3/h4-6H2,1-3H3;1H3. The topological polar surface area (TPSA) is 27.0 Å². The van der Waals surface area contributed by atoms with E-state index in [9.17, 15) is 0 Å². The maximum atomic E-state index is 7.32. The van der Waals surface area contributed by atoms with Crippen LogP contribution in [0.3, 0.4) is 0 Å². The molecular formula is C8H18N2. The summed E-state index contributed by atoms with van der Waals surface area (Å²) >= 11 is 0. The van der Waals surface area contributed by atoms with Crippen LogP contribution in [-0.2, 0) is 0 Å². The molecule has 0 atom stereocenters. The van der Waals surface area contributed by atoms with Gasteiger partial charge in [0.25, 0.3) is 0 Å². The molecule has 0 N–H and O–H groups in total. The van der Waals surface area contributed by atoms with Gasteiger partial charge in [-0.1, -0.05) is 20.8 Å². The van der Waals surface area contributed by atoms with Crippen LogP contribution in [0.5, 0.6) is 0 Å². The third kappa shape index (κ3) is 10.4. The summed E-state index contributed by atoms with van der Waals surface area (Å²) in [5.41, 5.74) is 0. The predicted octanol–water partition coefficient (Wildman–Crippen LogP) is 1.88. The van der Waals surface area contributed by atoms with E-state index in [1.54, 1.807) is 6.07 Å². The van der Waals surface area contributed by atoms with E-state index in [1.807, 2.05) is 0 Å². The molecule has 0 saturated heterocycles. The third-order valence-electron chi connectivity index (χ3n) is 1.34. The number of nitrogens with zero attached hydrogens (tertiary/aromatic N) is 2. The Kier molecular flexibility index (Phi) is 13.7. The van der Waals surface area contributed by atoms with Crippen LogP contribution >= 0.6 is 0 Å². The van der Waals surface area contributed by atoms with Crippen LogP contribution in [0, 0.1) is 11.3 Å². The molecule has 0 radical (unpaired) electrons. The molecule has 0 unspecified atom stereocenters. The van der Waals surface area contributed by atoms with Gasteiger partial charge >= 0.3 is 0 Å². The van der Waals surface area contributed by atoms with E-state index in [4.69, 9.17) is 5.26 Å². The highest BCUT2D eigenvalue weighted by molar-refractivity contribution is 4.51. The van der Waals surface area contributed by atoms with Crippen molar-refractivity contribution in [2.45, 2.75) is 27.7 Å². The molecule has 2 heteroatoms. The van der Waals surface area contributed by atoms with Crippen molar-refractivity contribution in [2.24, 2.45) is 0 Å². The van der Waals surface area contributed by atoms with Gasteiger partial charge in [0.05, 0.1) is 6.07 Å². The number of rotatable bonds is 3. The summed E-state index contributed by atoms with van der Waals surface area (Å²) in [4.78, 5) is 2.38. The van der Waals surface area contributed by atoms with Crippen molar-refractivity contribution in [3.8, 4) is 6.07 Å². The van der Waals surface area contributed by atoms with E-state index in [0.29, 0.717) is 0 Å². The summed E-state index contributed by atoms with van der Waals surface area (Å²) in [6, 6.07) is 1.75. The molecule has 0 aromatic rings. The van der Waals surface area contributed by atoms with Gasteiger partial charge in [-0.15, -0.1) is 0 Å². The van der Waals surface area contributed by atoms with Crippen LogP contribution in [0.2, 0.25) is 0 Å². The lowest BCUT2D eigenvalue weighted by Gasteiger charge is -2.13. The van der Waals surface area contributed by atoms with E-state index < -0.39 is 0 Å². The summed E-state index contributed by atoms with van der Waals surface area (Å²) in [5.74, 6) is 0. The second-order valence-corrected chi connectivity index (χ2v) is 1.84. The van der Waals surface area contributed by atoms with Gasteiger partial charge in [0.2, 0.25) is 0 Å². The fraction of sp³-hybridized carbons (Fsp3) is 0.875. The first kappa shape index (κ1) is 12.2. The quantitative estimate of drug-likeness (QED) is 0.601. The second kappa shape index (κ2) is 11.3. The van der Waals surface area contributed by atoms with Crippen molar-refractivity contribution in [2.75, 3.05) is 19.6 Å². The zero-order valence-corrected chi connectivity index (χ0v) is 7.52. The summed E-state index contributed by atoms with van der Waals surface area (Å²) in [7, 11) is 0. The molecule has 0 bridgehead atoms. The average Bonchev–Trinajstić information content (AvgIpc) is 1.93. The second-order valence-electron chi connectivity index (χ2n) is 1.84. The minimum absolute atomic E-state index is 1.19. The molecule has 0 aliphatic heterocycles. The molecule has 0 fully saturated rings. The lowest BCUT2D eigenvalue weighted by atomic mass is 10.5. The van der Waals surface area contributed by atoms with E-state index in [2.05, 4.69) is 25.7 Å². The Morgan fingerprint density at radius 1 is 1.10 bits per heavy atom. The molecule has 0 saturated carbocycles. The van der Waals surface area contributed by atoms with Crippen molar-refractivity contribution < 1.29 is 0 Å². The third-order valence-corrected chi connectivity index (χ3v) is 1.34. The maximum absolute atomic E-state index is 7.32. The summed E-state index contributed by atoms with van der Waals surface area (Å²) < 4.78 is 0. The Balaban J connectivity index is 0. The van der Waals surface area contributed by atoms with Crippen molar-refractivity contribution in [1.29, 1.82) is 5.26 Å². The molecule has 10 heavy (non-hydrogen) atoms. The molecule has 60 valence electrons. The van der Waals surface area contributed by atoms with Gasteiger partial charge in [-0.3, -0.25) is 0 Å². The van der Waals surface area contributed by atoms with Crippen molar-refractivity contribution in [1.82, 2.24) is 4.90 Å². The number of hydrogen-bond acceptors (Lipinski definition) is 2. The first-order valence-corrected chi connectivity index (χ1v) is 3.79. The molecule has 0 aromatic heterocycles. The normalized spacial score (nSPS) is 8.00. The first-order chi connectivity index (χ1) is 4.76. The van der Waals surface area contributed by atoms with Crippen LogP contribution < -0.4 is 0 Å². The Labute approximate surface area is 64.5 Å². The Morgan fingerprint density at radius 2 is 1.30 bits per heavy atom. The summed E-state index contributed by atoms with van der Waals surface area (Å²) in [6.45, 7) is 11.6. The van der Waals surface area contributed by atoms with E-state index in [1.165, 1.54) is 26.6 Å². The van der Waals surface area contributed by atoms with Gasteiger partial charge in [-0.25, -0.2) is 0 Å². The van der Waals surface area contributed by atoms with Crippen LogP contribution in [0.25, 0.3) is 0 Å². The van der Waals surface area contributed by atoms with Crippen molar-refractivity contribution in [3.63, 3.8) is 0 Å². The number of hydrogen-bond donors (Lipinski definition) is 0. The Bertz CT molecular complexity index is 74.2. The molecular weight excluding hydrogens is 124 g/mol. The molecule has 0 aliphatic rings. The highest BCUT2D eigenvalue weighted by atomic mass is 15.1. The van der Waals surface area contributed by atoms with Crippen LogP contribution in [0.4, 0.5) is 0 Å². The van der Waals surface area contributed by atoms with E-state index >= 15 is 0 Å². The lowest BCUT2D eigenvalue weighted by molar-refractivity contribution is 0.321. The number of nitriles is 1. The molecule has 0 spiro atoms. The van der Waals surface area contributed by atoms with E-state index in [0.717, 1.165) is 0 Å². The smallest absolute Gasteiger partial charge is 0.0587 e. The summed E-state index contributed by atoms with van der Waals surface area (Å²) in [5, 5.41) is 7.32. The minimum atomic E-state index is 1.19. The molecule has 0 aromatic carbocycles. The van der Waals surface area contributed by atoms with Gasteiger partial charge < -0.3 is 4.90 Å². The zero-order chi connectivity index (χ0) is 8.41. The monoisotopic (exact) mass is 142 g/mol. The highest BCUT2D eigenvalue weighted by Gasteiger charge is 1.89. The Hall–Kier alpha value is -0.550. The molecule has 0 rings (SSSR count). The summed E-state index contributed by atoms with van der Waals surface area (Å²) in [6.07, 6.45) is 0. The molecule has 0 aliphatic carbocycles. The van der Waals surface area contributed by atoms with Gasteiger partial charge in [0, 0.05) is 6.92 Å². The predicted molar refractivity (Wildman–Crippen MR) is 44.7 cm³/mol. The van der Waals surface area contributed by atoms with E-state index in [-0.39, 0.29) is 0 Å². The SMILES string of the molecule is CC#N.CCN(CC)CC.